The lowest BCUT2D eigenvalue weighted by atomic mass is 9.47. The predicted octanol–water partition coefficient (Wildman–Crippen LogP) is 8.56. The van der Waals surface area contributed by atoms with Crippen molar-refractivity contribution in [2.75, 3.05) is 0 Å². The zero-order chi connectivity index (χ0) is 20.3. The van der Waals surface area contributed by atoms with Crippen LogP contribution in [-0.2, 0) is 0 Å². The van der Waals surface area contributed by atoms with Crippen LogP contribution in [0.5, 0.6) is 0 Å². The maximum Gasteiger partial charge on any atom is -0.0197 e. The minimum Gasteiger partial charge on any atom is -0.0625 e. The Labute approximate surface area is 161 Å². The summed E-state index contributed by atoms with van der Waals surface area (Å²) in [6, 6.07) is 0. The molecule has 25 heavy (non-hydrogen) atoms. The average Bonchev–Trinajstić information content (AvgIpc) is 2.39. The van der Waals surface area contributed by atoms with Crippen molar-refractivity contribution in [3.8, 4) is 0 Å². The molecule has 0 rings (SSSR count). The molecule has 0 saturated heterocycles. The fourth-order valence-electron chi connectivity index (χ4n) is 7.36. The molecule has 0 heterocycles. The topological polar surface area (TPSA) is 0 Å². The first kappa shape index (κ1) is 25.0. The molecule has 0 nitrogen and oxygen atoms in total. The predicted molar refractivity (Wildman–Crippen MR) is 117 cm³/mol. The van der Waals surface area contributed by atoms with Gasteiger partial charge in [0.2, 0.25) is 0 Å². The van der Waals surface area contributed by atoms with E-state index >= 15 is 0 Å². The molecule has 0 aromatic rings. The standard InChI is InChI=1S/C25H52/c1-16(2)23(25(20(9)10,21(11)12)22(13)14)15-24(17(3)4,18(5)6)19(7)8/h16-23H,15H2,1-14H3. The van der Waals surface area contributed by atoms with Gasteiger partial charge in [-0.3, -0.25) is 0 Å². The second-order valence-electron chi connectivity index (χ2n) is 11.1. The van der Waals surface area contributed by atoms with Crippen molar-refractivity contribution in [3.05, 3.63) is 0 Å². The quantitative estimate of drug-likeness (QED) is 0.369. The van der Waals surface area contributed by atoms with E-state index in [-0.39, 0.29) is 0 Å². The molecular formula is C25H52. The van der Waals surface area contributed by atoms with Gasteiger partial charge in [0, 0.05) is 0 Å². The second kappa shape index (κ2) is 9.27. The second-order valence-corrected chi connectivity index (χ2v) is 11.1. The summed E-state index contributed by atoms with van der Waals surface area (Å²) in [5.74, 6) is 5.79. The highest BCUT2D eigenvalue weighted by atomic mass is 14.6. The summed E-state index contributed by atoms with van der Waals surface area (Å²) < 4.78 is 0. The van der Waals surface area contributed by atoms with Crippen molar-refractivity contribution in [2.45, 2.75) is 103 Å². The van der Waals surface area contributed by atoms with Crippen LogP contribution in [-0.4, -0.2) is 0 Å². The molecule has 1 atom stereocenters. The molecule has 0 saturated carbocycles. The van der Waals surface area contributed by atoms with Gasteiger partial charge in [-0.2, -0.15) is 0 Å². The molecule has 0 aliphatic carbocycles. The van der Waals surface area contributed by atoms with Crippen LogP contribution in [0.1, 0.15) is 103 Å². The molecule has 0 N–H and O–H groups in total. The van der Waals surface area contributed by atoms with E-state index in [1.54, 1.807) is 0 Å². The van der Waals surface area contributed by atoms with E-state index in [9.17, 15) is 0 Å². The third-order valence-corrected chi connectivity index (χ3v) is 8.25. The minimum atomic E-state index is 0.401. The molecule has 0 aromatic heterocycles. The lowest BCUT2D eigenvalue weighted by Crippen LogP contribution is -2.51. The van der Waals surface area contributed by atoms with Gasteiger partial charge in [-0.1, -0.05) is 96.9 Å². The normalized spacial score (nSPS) is 15.7. The zero-order valence-electron chi connectivity index (χ0n) is 20.3. The molecule has 0 amide bonds. The Bertz CT molecular complexity index is 324. The van der Waals surface area contributed by atoms with Gasteiger partial charge in [-0.15, -0.1) is 0 Å². The van der Waals surface area contributed by atoms with E-state index in [0.717, 1.165) is 29.6 Å². The Morgan fingerprint density at radius 2 is 0.720 bits per heavy atom. The van der Waals surface area contributed by atoms with Gasteiger partial charge < -0.3 is 0 Å². The van der Waals surface area contributed by atoms with Crippen LogP contribution >= 0.6 is 0 Å². The Balaban J connectivity index is 6.45. The molecule has 0 heteroatoms. The van der Waals surface area contributed by atoms with Gasteiger partial charge in [0.1, 0.15) is 0 Å². The van der Waals surface area contributed by atoms with Crippen molar-refractivity contribution in [2.24, 2.45) is 58.2 Å². The third kappa shape index (κ3) is 4.47. The number of hydrogen-bond donors (Lipinski definition) is 0. The third-order valence-electron chi connectivity index (χ3n) is 8.25. The molecule has 0 aliphatic rings. The maximum absolute atomic E-state index is 2.48. The molecule has 0 bridgehead atoms. The smallest absolute Gasteiger partial charge is 0.0197 e. The summed E-state index contributed by atoms with van der Waals surface area (Å²) in [5.41, 5.74) is 0.816. The molecule has 0 aromatic carbocycles. The first-order valence-corrected chi connectivity index (χ1v) is 11.2. The van der Waals surface area contributed by atoms with Gasteiger partial charge in [0.15, 0.2) is 0 Å². The highest BCUT2D eigenvalue weighted by Crippen LogP contribution is 2.58. The highest BCUT2D eigenvalue weighted by Gasteiger charge is 2.52. The Hall–Kier alpha value is 0. The lowest BCUT2D eigenvalue weighted by molar-refractivity contribution is -0.0909. The fraction of sp³-hybridized carbons (Fsp3) is 1.00. The number of rotatable bonds is 10. The van der Waals surface area contributed by atoms with Crippen LogP contribution in [0.15, 0.2) is 0 Å². The van der Waals surface area contributed by atoms with Gasteiger partial charge >= 0.3 is 0 Å². The minimum absolute atomic E-state index is 0.401. The molecule has 0 aliphatic heterocycles. The van der Waals surface area contributed by atoms with Crippen molar-refractivity contribution < 1.29 is 0 Å². The Kier molecular flexibility index (Phi) is 9.27. The van der Waals surface area contributed by atoms with Gasteiger partial charge in [0.25, 0.3) is 0 Å². The SMILES string of the molecule is CC(C)C(CC(C(C)C)(C(C)C)C(C)C)C(C(C)C)(C(C)C)C(C)C. The Morgan fingerprint density at radius 3 is 0.880 bits per heavy atom. The van der Waals surface area contributed by atoms with Gasteiger partial charge in [0.05, 0.1) is 0 Å². The summed E-state index contributed by atoms with van der Waals surface area (Å²) in [7, 11) is 0. The van der Waals surface area contributed by atoms with E-state index in [2.05, 4.69) is 96.9 Å². The molecule has 1 unspecified atom stereocenters. The van der Waals surface area contributed by atoms with E-state index < -0.39 is 0 Å². The van der Waals surface area contributed by atoms with Crippen LogP contribution in [0.2, 0.25) is 0 Å². The fourth-order valence-corrected chi connectivity index (χ4v) is 7.36. The van der Waals surface area contributed by atoms with E-state index in [1.165, 1.54) is 6.42 Å². The van der Waals surface area contributed by atoms with Crippen molar-refractivity contribution in [1.82, 2.24) is 0 Å². The van der Waals surface area contributed by atoms with Crippen molar-refractivity contribution in [1.29, 1.82) is 0 Å². The summed E-state index contributed by atoms with van der Waals surface area (Å²) >= 11 is 0. The van der Waals surface area contributed by atoms with E-state index in [4.69, 9.17) is 0 Å². The summed E-state index contributed by atoms with van der Waals surface area (Å²) in [5, 5.41) is 0. The van der Waals surface area contributed by atoms with Gasteiger partial charge in [-0.25, -0.2) is 0 Å². The van der Waals surface area contributed by atoms with Gasteiger partial charge in [-0.05, 0) is 64.6 Å². The molecule has 0 spiro atoms. The molecule has 0 radical (unpaired) electrons. The van der Waals surface area contributed by atoms with E-state index in [0.29, 0.717) is 28.6 Å². The zero-order valence-corrected chi connectivity index (χ0v) is 20.3. The van der Waals surface area contributed by atoms with Crippen molar-refractivity contribution in [3.63, 3.8) is 0 Å². The lowest BCUT2D eigenvalue weighted by Gasteiger charge is -2.57. The first-order chi connectivity index (χ1) is 11.2. The van der Waals surface area contributed by atoms with E-state index in [1.807, 2.05) is 0 Å². The highest BCUT2D eigenvalue weighted by molar-refractivity contribution is 5.00. The summed E-state index contributed by atoms with van der Waals surface area (Å²) in [6.45, 7) is 34.7. The summed E-state index contributed by atoms with van der Waals surface area (Å²) in [4.78, 5) is 0. The van der Waals surface area contributed by atoms with Crippen LogP contribution in [0.25, 0.3) is 0 Å². The average molecular weight is 353 g/mol. The maximum atomic E-state index is 2.48. The van der Waals surface area contributed by atoms with Crippen LogP contribution in [0.3, 0.4) is 0 Å². The Morgan fingerprint density at radius 1 is 0.440 bits per heavy atom. The first-order valence-electron chi connectivity index (χ1n) is 11.2. The van der Waals surface area contributed by atoms with Crippen LogP contribution in [0.4, 0.5) is 0 Å². The monoisotopic (exact) mass is 352 g/mol. The van der Waals surface area contributed by atoms with Crippen LogP contribution in [0, 0.1) is 58.2 Å². The van der Waals surface area contributed by atoms with Crippen LogP contribution < -0.4 is 0 Å². The molecule has 0 fully saturated rings. The molecule has 152 valence electrons. The summed E-state index contributed by atoms with van der Waals surface area (Å²) in [6.07, 6.45) is 1.37. The van der Waals surface area contributed by atoms with Crippen molar-refractivity contribution >= 4 is 0 Å². The number of hydrogen-bond acceptors (Lipinski definition) is 0. The molecular weight excluding hydrogens is 300 g/mol. The largest absolute Gasteiger partial charge is 0.0625 e.